The van der Waals surface area contributed by atoms with Gasteiger partial charge in [0.25, 0.3) is 15.9 Å². The van der Waals surface area contributed by atoms with Crippen LogP contribution in [0.15, 0.2) is 35.2 Å². The van der Waals surface area contributed by atoms with Crippen molar-refractivity contribution in [3.63, 3.8) is 0 Å². The van der Waals surface area contributed by atoms with E-state index in [1.54, 1.807) is 25.1 Å². The molecule has 0 bridgehead atoms. The molecule has 1 amide bonds. The molecule has 0 aliphatic rings. The molecule has 2 aromatic rings. The van der Waals surface area contributed by atoms with E-state index in [0.717, 1.165) is 0 Å². The van der Waals surface area contributed by atoms with Crippen LogP contribution in [0, 0.1) is 6.92 Å². The summed E-state index contributed by atoms with van der Waals surface area (Å²) in [6, 6.07) is 7.58. The molecule has 0 saturated carbocycles. The molecule has 2 N–H and O–H groups in total. The Kier molecular flexibility index (Phi) is 7.12. The van der Waals surface area contributed by atoms with Crippen LogP contribution in [0.4, 0.5) is 5.95 Å². The van der Waals surface area contributed by atoms with Gasteiger partial charge in [0.05, 0.1) is 18.6 Å². The number of benzene rings is 1. The van der Waals surface area contributed by atoms with Crippen LogP contribution >= 0.6 is 0 Å². The number of nitrogens with one attached hydrogen (secondary N) is 2. The third-order valence-electron chi connectivity index (χ3n) is 3.11. The van der Waals surface area contributed by atoms with E-state index in [1.807, 2.05) is 4.89 Å². The predicted octanol–water partition coefficient (Wildman–Crippen LogP) is 0.0522. The number of hydrogen-bond donors (Lipinski definition) is 2. The molecular formula is C15H19N5O6S. The van der Waals surface area contributed by atoms with Crippen molar-refractivity contribution in [2.75, 3.05) is 26.1 Å². The van der Waals surface area contributed by atoms with Crippen LogP contribution in [0.2, 0.25) is 0 Å². The summed E-state index contributed by atoms with van der Waals surface area (Å²) < 4.78 is 34.2. The number of ether oxygens (including phenoxy) is 2. The molecule has 1 aromatic carbocycles. The highest BCUT2D eigenvalue weighted by molar-refractivity contribution is 7.89. The van der Waals surface area contributed by atoms with E-state index in [-0.39, 0.29) is 23.5 Å². The summed E-state index contributed by atoms with van der Waals surface area (Å²) in [6.07, 6.45) is -1.29. The summed E-state index contributed by atoms with van der Waals surface area (Å²) in [6.45, 7) is 1.38. The summed E-state index contributed by atoms with van der Waals surface area (Å²) in [4.78, 5) is 31.1. The van der Waals surface area contributed by atoms with E-state index < -0.39 is 22.0 Å². The lowest BCUT2D eigenvalue weighted by Gasteiger charge is -2.16. The van der Waals surface area contributed by atoms with Crippen molar-refractivity contribution in [3.8, 4) is 6.01 Å². The van der Waals surface area contributed by atoms with Gasteiger partial charge in [-0.05, 0) is 19.1 Å². The maximum atomic E-state index is 12.4. The Morgan fingerprint density at radius 2 is 1.85 bits per heavy atom. The van der Waals surface area contributed by atoms with Gasteiger partial charge in [-0.1, -0.05) is 23.1 Å². The molecular weight excluding hydrogens is 378 g/mol. The fourth-order valence-electron chi connectivity index (χ4n) is 1.88. The first kappa shape index (κ1) is 20.6. The van der Waals surface area contributed by atoms with Gasteiger partial charge in [0, 0.05) is 7.11 Å². The first-order valence-corrected chi connectivity index (χ1v) is 9.13. The van der Waals surface area contributed by atoms with Crippen molar-refractivity contribution in [3.05, 3.63) is 36.2 Å². The fraction of sp³-hybridized carbons (Fsp3) is 0.333. The highest BCUT2D eigenvalue weighted by Gasteiger charge is 2.24. The quantitative estimate of drug-likeness (QED) is 0.561. The lowest BCUT2D eigenvalue weighted by molar-refractivity contribution is -0.133. The largest absolute Gasteiger partial charge is 0.467 e. The Balaban J connectivity index is 2.08. The topological polar surface area (TPSA) is 142 Å². The van der Waals surface area contributed by atoms with Gasteiger partial charge in [0.2, 0.25) is 5.95 Å². The minimum Gasteiger partial charge on any atom is -0.467 e. The van der Waals surface area contributed by atoms with Crippen molar-refractivity contribution in [2.24, 2.45) is 0 Å². The molecule has 0 radical (unpaired) electrons. The van der Waals surface area contributed by atoms with Crippen molar-refractivity contribution < 1.29 is 27.5 Å². The molecule has 1 atom stereocenters. The lowest BCUT2D eigenvalue weighted by atomic mass is 10.3. The van der Waals surface area contributed by atoms with E-state index in [9.17, 15) is 13.2 Å². The second kappa shape index (κ2) is 9.32. The zero-order chi connectivity index (χ0) is 19.9. The second-order valence-electron chi connectivity index (χ2n) is 5.14. The molecule has 1 aromatic heterocycles. The van der Waals surface area contributed by atoms with Gasteiger partial charge in [-0.15, -0.1) is 0 Å². The number of carbonyl (C=O) groups excluding carboxylic acids is 1. The minimum atomic E-state index is -3.97. The summed E-state index contributed by atoms with van der Waals surface area (Å²) in [5.41, 5.74) is 0. The normalized spacial score (nSPS) is 12.4. The number of methoxy groups -OCH3 is 2. The summed E-state index contributed by atoms with van der Waals surface area (Å²) in [5.74, 6) is -0.466. The Bertz CT molecular complexity index is 878. The summed E-state index contributed by atoms with van der Waals surface area (Å²) >= 11 is 0. The van der Waals surface area contributed by atoms with E-state index in [2.05, 4.69) is 20.3 Å². The van der Waals surface area contributed by atoms with Gasteiger partial charge in [-0.25, -0.2) is 8.42 Å². The number of sulfonamides is 1. The van der Waals surface area contributed by atoms with Crippen LogP contribution in [-0.2, 0) is 24.4 Å². The predicted molar refractivity (Wildman–Crippen MR) is 93.3 cm³/mol. The zero-order valence-electron chi connectivity index (χ0n) is 14.9. The number of anilines is 1. The van der Waals surface area contributed by atoms with Crippen molar-refractivity contribution >= 4 is 21.9 Å². The maximum Gasteiger partial charge on any atom is 0.321 e. The highest BCUT2D eigenvalue weighted by atomic mass is 32.2. The number of hydrogen-bond acceptors (Lipinski definition) is 9. The Labute approximate surface area is 156 Å². The Hall–Kier alpha value is -2.67. The minimum absolute atomic E-state index is 0.0144. The van der Waals surface area contributed by atoms with Crippen LogP contribution in [0.1, 0.15) is 5.82 Å². The fourth-order valence-corrected chi connectivity index (χ4v) is 2.73. The smallest absolute Gasteiger partial charge is 0.321 e. The van der Waals surface area contributed by atoms with Crippen LogP contribution < -0.4 is 14.9 Å². The molecule has 0 fully saturated rings. The van der Waals surface area contributed by atoms with Gasteiger partial charge in [0.15, 0.2) is 6.10 Å². The number of amides is 1. The molecule has 0 saturated heterocycles. The van der Waals surface area contributed by atoms with Gasteiger partial charge in [-0.2, -0.15) is 15.0 Å². The molecule has 2 rings (SSSR count). The van der Waals surface area contributed by atoms with Crippen LogP contribution in [0.3, 0.4) is 0 Å². The number of rotatable bonds is 9. The molecule has 11 nitrogen and oxygen atoms in total. The van der Waals surface area contributed by atoms with Gasteiger partial charge >= 0.3 is 6.01 Å². The first-order chi connectivity index (χ1) is 12.9. The molecule has 27 heavy (non-hydrogen) atoms. The van der Waals surface area contributed by atoms with Crippen molar-refractivity contribution in [1.29, 1.82) is 0 Å². The van der Waals surface area contributed by atoms with E-state index >= 15 is 0 Å². The van der Waals surface area contributed by atoms with Crippen LogP contribution in [0.25, 0.3) is 0 Å². The molecule has 1 unspecified atom stereocenters. The number of nitrogens with zero attached hydrogens (tertiary/aromatic N) is 3. The summed E-state index contributed by atoms with van der Waals surface area (Å²) in [7, 11) is -1.26. The first-order valence-electron chi connectivity index (χ1n) is 7.64. The summed E-state index contributed by atoms with van der Waals surface area (Å²) in [5, 5.41) is 2.40. The molecule has 0 aliphatic carbocycles. The number of carbonyl (C=O) groups is 1. The van der Waals surface area contributed by atoms with Gasteiger partial charge < -0.3 is 9.47 Å². The molecule has 0 spiro atoms. The van der Waals surface area contributed by atoms with E-state index in [1.165, 1.54) is 26.4 Å². The van der Waals surface area contributed by atoms with Gasteiger partial charge in [0.1, 0.15) is 5.82 Å². The van der Waals surface area contributed by atoms with Crippen LogP contribution in [0.5, 0.6) is 6.01 Å². The molecule has 0 aliphatic heterocycles. The van der Waals surface area contributed by atoms with Crippen molar-refractivity contribution in [2.45, 2.75) is 17.9 Å². The Morgan fingerprint density at radius 3 is 2.48 bits per heavy atom. The number of aromatic nitrogens is 3. The third-order valence-corrected chi connectivity index (χ3v) is 4.32. The monoisotopic (exact) mass is 397 g/mol. The molecule has 146 valence electrons. The van der Waals surface area contributed by atoms with Crippen LogP contribution in [-0.4, -0.2) is 56.2 Å². The average Bonchev–Trinajstić information content (AvgIpc) is 2.65. The van der Waals surface area contributed by atoms with Crippen molar-refractivity contribution in [1.82, 2.24) is 19.8 Å². The molecule has 1 heterocycles. The second-order valence-corrected chi connectivity index (χ2v) is 6.79. The lowest BCUT2D eigenvalue weighted by Crippen LogP contribution is -2.40. The average molecular weight is 397 g/mol. The SMILES string of the molecule is COCC(ONS(=O)(=O)c1ccccc1)C(=O)Nc1nc(C)nc(OC)n1. The van der Waals surface area contributed by atoms with E-state index in [0.29, 0.717) is 5.82 Å². The zero-order valence-corrected chi connectivity index (χ0v) is 15.7. The van der Waals surface area contributed by atoms with E-state index in [4.69, 9.17) is 14.3 Å². The number of aryl methyl sites for hydroxylation is 1. The third kappa shape index (κ3) is 5.92. The standard InChI is InChI=1S/C15H19N5O6S/c1-10-16-14(19-15(17-10)25-3)18-13(21)12(9-24-2)26-20-27(22,23)11-7-5-4-6-8-11/h4-8,12,20H,9H2,1-3H3,(H,16,17,18,19,21). The maximum absolute atomic E-state index is 12.4. The highest BCUT2D eigenvalue weighted by Crippen LogP contribution is 2.10. The van der Waals surface area contributed by atoms with Gasteiger partial charge in [-0.3, -0.25) is 14.9 Å². The molecule has 12 heteroatoms. The Morgan fingerprint density at radius 1 is 1.15 bits per heavy atom.